The lowest BCUT2D eigenvalue weighted by molar-refractivity contribution is 0.411. The molecule has 3 rings (SSSR count). The maximum absolute atomic E-state index is 8.94. The number of thiazole rings is 1. The van der Waals surface area contributed by atoms with E-state index in [9.17, 15) is 0 Å². The zero-order chi connectivity index (χ0) is 13.1. The van der Waals surface area contributed by atoms with E-state index in [4.69, 9.17) is 10.2 Å². The van der Waals surface area contributed by atoms with Crippen molar-refractivity contribution < 1.29 is 0 Å². The zero-order valence-electron chi connectivity index (χ0n) is 10.6. The van der Waals surface area contributed by atoms with E-state index < -0.39 is 0 Å². The molecule has 0 radical (unpaired) electrons. The van der Waals surface area contributed by atoms with Crippen LogP contribution in [0.2, 0.25) is 0 Å². The van der Waals surface area contributed by atoms with Gasteiger partial charge in [0.15, 0.2) is 0 Å². The summed E-state index contributed by atoms with van der Waals surface area (Å²) >= 11 is 1.71. The van der Waals surface area contributed by atoms with E-state index in [1.165, 1.54) is 19.3 Å². The van der Waals surface area contributed by atoms with E-state index >= 15 is 0 Å². The molecule has 96 valence electrons. The molecule has 2 heterocycles. The first-order valence-corrected chi connectivity index (χ1v) is 7.44. The van der Waals surface area contributed by atoms with Gasteiger partial charge in [0, 0.05) is 10.9 Å². The van der Waals surface area contributed by atoms with Crippen LogP contribution >= 0.6 is 11.3 Å². The van der Waals surface area contributed by atoms with Crippen LogP contribution < -0.4 is 5.32 Å². The van der Waals surface area contributed by atoms with E-state index in [1.54, 1.807) is 11.3 Å². The zero-order valence-corrected chi connectivity index (χ0v) is 11.4. The number of aromatic nitrogens is 1. The van der Waals surface area contributed by atoms with Crippen molar-refractivity contribution in [1.82, 2.24) is 10.3 Å². The molecule has 1 saturated heterocycles. The molecule has 1 aromatic carbocycles. The highest BCUT2D eigenvalue weighted by Crippen LogP contribution is 2.29. The molecular formula is C15H15N3S. The van der Waals surface area contributed by atoms with Gasteiger partial charge in [0.25, 0.3) is 0 Å². The number of nitrogens with one attached hydrogen (secondary N) is 1. The molecule has 0 bridgehead atoms. The standard InChI is InChI=1S/C15H15N3S/c16-9-11-4-3-5-12(8-11)14-10-19-15(18-14)13-6-1-2-7-17-13/h3-5,8,10,13,17H,1-2,6-7H2/t13-/m1/s1. The normalized spacial score (nSPS) is 19.0. The van der Waals surface area contributed by atoms with E-state index in [0.29, 0.717) is 11.6 Å². The highest BCUT2D eigenvalue weighted by Gasteiger charge is 2.18. The van der Waals surface area contributed by atoms with Gasteiger partial charge in [0.2, 0.25) is 0 Å². The summed E-state index contributed by atoms with van der Waals surface area (Å²) in [5.74, 6) is 0. The average molecular weight is 269 g/mol. The topological polar surface area (TPSA) is 48.7 Å². The molecule has 0 unspecified atom stereocenters. The number of hydrogen-bond donors (Lipinski definition) is 1. The lowest BCUT2D eigenvalue weighted by atomic mass is 10.1. The highest BCUT2D eigenvalue weighted by molar-refractivity contribution is 7.10. The molecule has 1 aliphatic rings. The minimum atomic E-state index is 0.409. The second-order valence-corrected chi connectivity index (χ2v) is 5.66. The Kier molecular flexibility index (Phi) is 3.58. The number of hydrogen-bond acceptors (Lipinski definition) is 4. The second-order valence-electron chi connectivity index (χ2n) is 4.77. The van der Waals surface area contributed by atoms with Crippen molar-refractivity contribution in [2.75, 3.05) is 6.54 Å². The Hall–Kier alpha value is -1.70. The number of nitrogens with zero attached hydrogens (tertiary/aromatic N) is 2. The molecule has 19 heavy (non-hydrogen) atoms. The molecule has 1 fully saturated rings. The third kappa shape index (κ3) is 2.67. The van der Waals surface area contributed by atoms with Gasteiger partial charge in [0.1, 0.15) is 5.01 Å². The van der Waals surface area contributed by atoms with Crippen LogP contribution in [0.25, 0.3) is 11.3 Å². The molecule has 1 aromatic heterocycles. The van der Waals surface area contributed by atoms with Crippen LogP contribution in [-0.2, 0) is 0 Å². The van der Waals surface area contributed by atoms with Gasteiger partial charge in [-0.25, -0.2) is 4.98 Å². The van der Waals surface area contributed by atoms with E-state index in [0.717, 1.165) is 22.8 Å². The van der Waals surface area contributed by atoms with Crippen LogP contribution in [0.4, 0.5) is 0 Å². The third-order valence-electron chi connectivity index (χ3n) is 3.42. The smallest absolute Gasteiger partial charge is 0.110 e. The first-order valence-electron chi connectivity index (χ1n) is 6.56. The molecule has 0 amide bonds. The van der Waals surface area contributed by atoms with E-state index in [-0.39, 0.29) is 0 Å². The summed E-state index contributed by atoms with van der Waals surface area (Å²) in [6.07, 6.45) is 3.71. The Morgan fingerprint density at radius 2 is 2.32 bits per heavy atom. The second kappa shape index (κ2) is 5.52. The minimum Gasteiger partial charge on any atom is -0.308 e. The predicted molar refractivity (Wildman–Crippen MR) is 76.9 cm³/mol. The number of rotatable bonds is 2. The van der Waals surface area contributed by atoms with Crippen molar-refractivity contribution >= 4 is 11.3 Å². The van der Waals surface area contributed by atoms with Crippen molar-refractivity contribution in [3.63, 3.8) is 0 Å². The molecule has 3 nitrogen and oxygen atoms in total. The molecule has 1 N–H and O–H groups in total. The summed E-state index contributed by atoms with van der Waals surface area (Å²) in [5, 5.41) is 15.7. The third-order valence-corrected chi connectivity index (χ3v) is 4.38. The number of piperidine rings is 1. The summed E-state index contributed by atoms with van der Waals surface area (Å²) in [5.41, 5.74) is 2.68. The number of nitriles is 1. The van der Waals surface area contributed by atoms with Crippen molar-refractivity contribution in [3.8, 4) is 17.3 Å². The maximum Gasteiger partial charge on any atom is 0.110 e. The van der Waals surface area contributed by atoms with Gasteiger partial charge in [-0.2, -0.15) is 5.26 Å². The van der Waals surface area contributed by atoms with Gasteiger partial charge in [-0.05, 0) is 31.5 Å². The van der Waals surface area contributed by atoms with Crippen LogP contribution in [0.1, 0.15) is 35.9 Å². The van der Waals surface area contributed by atoms with Gasteiger partial charge in [-0.15, -0.1) is 11.3 Å². The fraction of sp³-hybridized carbons (Fsp3) is 0.333. The lowest BCUT2D eigenvalue weighted by Crippen LogP contribution is -2.26. The van der Waals surface area contributed by atoms with Crippen molar-refractivity contribution in [1.29, 1.82) is 5.26 Å². The van der Waals surface area contributed by atoms with Gasteiger partial charge >= 0.3 is 0 Å². The van der Waals surface area contributed by atoms with Gasteiger partial charge < -0.3 is 5.32 Å². The molecular weight excluding hydrogens is 254 g/mol. The molecule has 0 spiro atoms. The Balaban J connectivity index is 1.86. The molecule has 0 aliphatic carbocycles. The largest absolute Gasteiger partial charge is 0.308 e. The molecule has 0 saturated carbocycles. The van der Waals surface area contributed by atoms with Crippen LogP contribution in [-0.4, -0.2) is 11.5 Å². The van der Waals surface area contributed by atoms with Crippen molar-refractivity contribution in [2.24, 2.45) is 0 Å². The Labute approximate surface area is 116 Å². The van der Waals surface area contributed by atoms with E-state index in [2.05, 4.69) is 16.8 Å². The van der Waals surface area contributed by atoms with Crippen LogP contribution in [0.15, 0.2) is 29.6 Å². The predicted octanol–water partition coefficient (Wildman–Crippen LogP) is 3.50. The lowest BCUT2D eigenvalue weighted by Gasteiger charge is -2.21. The summed E-state index contributed by atoms with van der Waals surface area (Å²) in [6, 6.07) is 10.2. The first kappa shape index (κ1) is 12.3. The molecule has 1 atom stereocenters. The van der Waals surface area contributed by atoms with Gasteiger partial charge in [-0.3, -0.25) is 0 Å². The van der Waals surface area contributed by atoms with Crippen LogP contribution in [0.3, 0.4) is 0 Å². The monoisotopic (exact) mass is 269 g/mol. The first-order chi connectivity index (χ1) is 9.36. The highest BCUT2D eigenvalue weighted by atomic mass is 32.1. The maximum atomic E-state index is 8.94. The van der Waals surface area contributed by atoms with Crippen LogP contribution in [0.5, 0.6) is 0 Å². The Morgan fingerprint density at radius 1 is 1.37 bits per heavy atom. The van der Waals surface area contributed by atoms with E-state index in [1.807, 2.05) is 24.3 Å². The molecule has 1 aliphatic heterocycles. The summed E-state index contributed by atoms with van der Waals surface area (Å²) in [4.78, 5) is 4.73. The van der Waals surface area contributed by atoms with Gasteiger partial charge in [-0.1, -0.05) is 18.6 Å². The van der Waals surface area contributed by atoms with Crippen LogP contribution in [0, 0.1) is 11.3 Å². The summed E-state index contributed by atoms with van der Waals surface area (Å²) < 4.78 is 0. The molecule has 2 aromatic rings. The average Bonchev–Trinajstić information content (AvgIpc) is 2.98. The minimum absolute atomic E-state index is 0.409. The quantitative estimate of drug-likeness (QED) is 0.907. The Bertz CT molecular complexity index is 606. The fourth-order valence-corrected chi connectivity index (χ4v) is 3.33. The van der Waals surface area contributed by atoms with Crippen molar-refractivity contribution in [2.45, 2.75) is 25.3 Å². The molecule has 4 heteroatoms. The SMILES string of the molecule is N#Cc1cccc(-c2csc([C@H]3CCCCN3)n2)c1. The Morgan fingerprint density at radius 3 is 3.11 bits per heavy atom. The number of benzene rings is 1. The van der Waals surface area contributed by atoms with Gasteiger partial charge in [0.05, 0.1) is 23.4 Å². The summed E-state index contributed by atoms with van der Waals surface area (Å²) in [6.45, 7) is 1.09. The summed E-state index contributed by atoms with van der Waals surface area (Å²) in [7, 11) is 0. The van der Waals surface area contributed by atoms with Crippen molar-refractivity contribution in [3.05, 3.63) is 40.2 Å². The fourth-order valence-electron chi connectivity index (χ4n) is 2.39.